The van der Waals surface area contributed by atoms with E-state index in [9.17, 15) is 4.79 Å². The topological polar surface area (TPSA) is 69.5 Å². The minimum atomic E-state index is 0.151. The van der Waals surface area contributed by atoms with Crippen LogP contribution < -0.4 is 9.47 Å². The first-order chi connectivity index (χ1) is 12.1. The number of carbonyl (C=O) groups is 1. The highest BCUT2D eigenvalue weighted by atomic mass is 16.7. The Kier molecular flexibility index (Phi) is 4.07. The molecule has 0 N–H and O–H groups in total. The van der Waals surface area contributed by atoms with Crippen LogP contribution in [0.1, 0.15) is 43.4 Å². The van der Waals surface area contributed by atoms with Gasteiger partial charge in [0.1, 0.15) is 5.82 Å². The van der Waals surface area contributed by atoms with Gasteiger partial charge in [-0.2, -0.15) is 0 Å². The molecule has 2 aliphatic heterocycles. The van der Waals surface area contributed by atoms with Crippen LogP contribution in [0.25, 0.3) is 0 Å². The van der Waals surface area contributed by atoms with Crippen LogP contribution in [0.2, 0.25) is 0 Å². The van der Waals surface area contributed by atoms with Gasteiger partial charge in [0.05, 0.1) is 6.54 Å². The molecule has 0 bridgehead atoms. The maximum absolute atomic E-state index is 12.6. The zero-order chi connectivity index (χ0) is 17.4. The number of fused-ring (bicyclic) bond motifs is 2. The molecule has 0 spiro atoms. The van der Waals surface area contributed by atoms with E-state index < -0.39 is 0 Å². The van der Waals surface area contributed by atoms with E-state index in [0.717, 1.165) is 35.3 Å². The van der Waals surface area contributed by atoms with Crippen molar-refractivity contribution in [3.8, 4) is 11.5 Å². The summed E-state index contributed by atoms with van der Waals surface area (Å²) in [6.45, 7) is 6.51. The molecule has 132 valence electrons. The smallest absolute Gasteiger partial charge is 0.231 e. The molecule has 0 saturated heterocycles. The summed E-state index contributed by atoms with van der Waals surface area (Å²) < 4.78 is 12.8. The van der Waals surface area contributed by atoms with Crippen LogP contribution in [0.3, 0.4) is 0 Å². The number of carbonyl (C=O) groups excluding carboxylic acids is 1. The third-order valence-electron chi connectivity index (χ3n) is 4.72. The van der Waals surface area contributed by atoms with Crippen molar-refractivity contribution < 1.29 is 14.3 Å². The van der Waals surface area contributed by atoms with Crippen LogP contribution in [-0.2, 0) is 24.3 Å². The van der Waals surface area contributed by atoms with Gasteiger partial charge in [-0.25, -0.2) is 0 Å². The van der Waals surface area contributed by atoms with Crippen LogP contribution in [0.5, 0.6) is 11.5 Å². The Bertz CT molecular complexity index is 800. The quantitative estimate of drug-likeness (QED) is 0.851. The molecule has 2 aromatic rings. The van der Waals surface area contributed by atoms with Gasteiger partial charge in [-0.3, -0.25) is 4.79 Å². The summed E-state index contributed by atoms with van der Waals surface area (Å²) in [4.78, 5) is 14.4. The van der Waals surface area contributed by atoms with Gasteiger partial charge in [0, 0.05) is 25.4 Å². The minimum Gasteiger partial charge on any atom is -0.454 e. The molecule has 1 aromatic carbocycles. The number of aryl methyl sites for hydroxylation is 1. The molecule has 0 aliphatic carbocycles. The van der Waals surface area contributed by atoms with E-state index in [2.05, 4.69) is 28.6 Å². The van der Waals surface area contributed by atoms with Gasteiger partial charge in [-0.05, 0) is 24.1 Å². The summed E-state index contributed by atoms with van der Waals surface area (Å²) in [6, 6.07) is 5.85. The fourth-order valence-electron chi connectivity index (χ4n) is 3.33. The number of hydrogen-bond donors (Lipinski definition) is 0. The Morgan fingerprint density at radius 3 is 2.88 bits per heavy atom. The summed E-state index contributed by atoms with van der Waals surface area (Å²) in [5.41, 5.74) is 1.08. The molecule has 0 saturated carbocycles. The fraction of sp³-hybridized carbons (Fsp3) is 0.500. The molecule has 4 rings (SSSR count). The standard InChI is InChI=1S/C18H22N4O3/c1-12(2)18-20-19-16-10-21(7-8-22(16)18)17(23)6-4-13-3-5-14-15(9-13)25-11-24-14/h3,5,9,12H,4,6-8,10-11H2,1-2H3. The number of hydrogen-bond acceptors (Lipinski definition) is 5. The van der Waals surface area contributed by atoms with Gasteiger partial charge in [-0.15, -0.1) is 10.2 Å². The third kappa shape index (κ3) is 3.06. The molecular weight excluding hydrogens is 320 g/mol. The SMILES string of the molecule is CC(C)c1nnc2n1CCN(C(=O)CCc1ccc3c(c1)OCO3)C2. The van der Waals surface area contributed by atoms with Crippen LogP contribution >= 0.6 is 0 Å². The highest BCUT2D eigenvalue weighted by molar-refractivity contribution is 5.76. The Hall–Kier alpha value is -2.57. The van der Waals surface area contributed by atoms with Crippen LogP contribution in [-0.4, -0.2) is 38.9 Å². The summed E-state index contributed by atoms with van der Waals surface area (Å²) in [5, 5.41) is 8.52. The van der Waals surface area contributed by atoms with Gasteiger partial charge in [0.2, 0.25) is 12.7 Å². The number of nitrogens with zero attached hydrogens (tertiary/aromatic N) is 4. The van der Waals surface area contributed by atoms with E-state index in [0.29, 0.717) is 31.8 Å². The number of rotatable bonds is 4. The van der Waals surface area contributed by atoms with E-state index >= 15 is 0 Å². The van der Waals surface area contributed by atoms with Crippen molar-refractivity contribution in [2.45, 2.75) is 45.7 Å². The summed E-state index contributed by atoms with van der Waals surface area (Å²) >= 11 is 0. The van der Waals surface area contributed by atoms with Crippen molar-refractivity contribution in [3.05, 3.63) is 35.4 Å². The second kappa shape index (κ2) is 6.38. The highest BCUT2D eigenvalue weighted by Crippen LogP contribution is 2.32. The Balaban J connectivity index is 1.37. The average molecular weight is 342 g/mol. The molecule has 25 heavy (non-hydrogen) atoms. The zero-order valence-electron chi connectivity index (χ0n) is 14.6. The number of aromatic nitrogens is 3. The molecule has 2 aliphatic rings. The Morgan fingerprint density at radius 1 is 1.20 bits per heavy atom. The van der Waals surface area contributed by atoms with Crippen molar-refractivity contribution >= 4 is 5.91 Å². The maximum Gasteiger partial charge on any atom is 0.231 e. The lowest BCUT2D eigenvalue weighted by atomic mass is 10.1. The van der Waals surface area contributed by atoms with Crippen LogP contribution in [0.4, 0.5) is 0 Å². The van der Waals surface area contributed by atoms with E-state index in [-0.39, 0.29) is 12.7 Å². The molecule has 0 atom stereocenters. The molecule has 3 heterocycles. The van der Waals surface area contributed by atoms with Gasteiger partial charge < -0.3 is 18.9 Å². The van der Waals surface area contributed by atoms with Gasteiger partial charge >= 0.3 is 0 Å². The number of ether oxygens (including phenoxy) is 2. The summed E-state index contributed by atoms with van der Waals surface area (Å²) in [5.74, 6) is 3.91. The third-order valence-corrected chi connectivity index (χ3v) is 4.72. The largest absolute Gasteiger partial charge is 0.454 e. The molecule has 7 heteroatoms. The zero-order valence-corrected chi connectivity index (χ0v) is 14.6. The van der Waals surface area contributed by atoms with Crippen molar-refractivity contribution in [2.24, 2.45) is 0 Å². The van der Waals surface area contributed by atoms with Crippen molar-refractivity contribution in [1.29, 1.82) is 0 Å². The van der Waals surface area contributed by atoms with Crippen molar-refractivity contribution in [2.75, 3.05) is 13.3 Å². The van der Waals surface area contributed by atoms with Gasteiger partial charge in [-0.1, -0.05) is 19.9 Å². The van der Waals surface area contributed by atoms with Crippen molar-refractivity contribution in [3.63, 3.8) is 0 Å². The van der Waals surface area contributed by atoms with Gasteiger partial charge in [0.25, 0.3) is 0 Å². The van der Waals surface area contributed by atoms with Gasteiger partial charge in [0.15, 0.2) is 17.3 Å². The normalized spacial score (nSPS) is 15.6. The molecule has 7 nitrogen and oxygen atoms in total. The molecule has 0 unspecified atom stereocenters. The fourth-order valence-corrected chi connectivity index (χ4v) is 3.33. The predicted molar refractivity (Wildman–Crippen MR) is 90.4 cm³/mol. The van der Waals surface area contributed by atoms with E-state index in [1.165, 1.54) is 0 Å². The molecular formula is C18H22N4O3. The molecule has 0 fully saturated rings. The first-order valence-electron chi connectivity index (χ1n) is 8.70. The van der Waals surface area contributed by atoms with E-state index in [1.54, 1.807) is 0 Å². The first-order valence-corrected chi connectivity index (χ1v) is 8.70. The minimum absolute atomic E-state index is 0.151. The average Bonchev–Trinajstić information content (AvgIpc) is 3.24. The lowest BCUT2D eigenvalue weighted by molar-refractivity contribution is -0.132. The molecule has 0 radical (unpaired) electrons. The Morgan fingerprint density at radius 2 is 2.04 bits per heavy atom. The van der Waals surface area contributed by atoms with Crippen molar-refractivity contribution in [1.82, 2.24) is 19.7 Å². The summed E-state index contributed by atoms with van der Waals surface area (Å²) in [7, 11) is 0. The second-order valence-corrected chi connectivity index (χ2v) is 6.78. The Labute approximate surface area is 146 Å². The van der Waals surface area contributed by atoms with E-state index in [4.69, 9.17) is 9.47 Å². The van der Waals surface area contributed by atoms with E-state index in [1.807, 2.05) is 23.1 Å². The van der Waals surface area contributed by atoms with Crippen LogP contribution in [0, 0.1) is 0 Å². The molecule has 1 aromatic heterocycles. The number of benzene rings is 1. The maximum atomic E-state index is 12.6. The second-order valence-electron chi connectivity index (χ2n) is 6.78. The first kappa shape index (κ1) is 15.9. The lowest BCUT2D eigenvalue weighted by Crippen LogP contribution is -2.39. The monoisotopic (exact) mass is 342 g/mol. The lowest BCUT2D eigenvalue weighted by Gasteiger charge is -2.28. The highest BCUT2D eigenvalue weighted by Gasteiger charge is 2.25. The summed E-state index contributed by atoms with van der Waals surface area (Å²) in [6.07, 6.45) is 1.17. The van der Waals surface area contributed by atoms with Crippen LogP contribution in [0.15, 0.2) is 18.2 Å². The predicted octanol–water partition coefficient (Wildman–Crippen LogP) is 2.11. The molecule has 1 amide bonds. The number of amides is 1.